The van der Waals surface area contributed by atoms with Crippen molar-refractivity contribution < 1.29 is 33.1 Å². The van der Waals surface area contributed by atoms with Crippen LogP contribution in [0.4, 0.5) is 0 Å². The molecule has 1 aromatic heterocycles. The van der Waals surface area contributed by atoms with E-state index in [9.17, 15) is 19.2 Å². The summed E-state index contributed by atoms with van der Waals surface area (Å²) in [5.41, 5.74) is 8.67. The monoisotopic (exact) mass is 764 g/mol. The number of rotatable bonds is 9. The Morgan fingerprint density at radius 1 is 0.964 bits per heavy atom. The van der Waals surface area contributed by atoms with Crippen molar-refractivity contribution in [3.63, 3.8) is 0 Å². The summed E-state index contributed by atoms with van der Waals surface area (Å²) in [5.74, 6) is 1.43. The van der Waals surface area contributed by atoms with Gasteiger partial charge >= 0.3 is 5.97 Å². The van der Waals surface area contributed by atoms with Gasteiger partial charge in [-0.1, -0.05) is 85.3 Å². The lowest BCUT2D eigenvalue weighted by Crippen LogP contribution is -2.56. The molecule has 1 aliphatic heterocycles. The Morgan fingerprint density at radius 2 is 1.65 bits per heavy atom. The molecule has 1 aliphatic carbocycles. The first-order chi connectivity index (χ1) is 26.0. The Kier molecular flexibility index (Phi) is 12.8. The first-order valence-corrected chi connectivity index (χ1v) is 19.5. The van der Waals surface area contributed by atoms with Crippen LogP contribution < -0.4 is 10.2 Å². The number of hydrogen-bond donors (Lipinski definition) is 1. The highest BCUT2D eigenvalue weighted by Crippen LogP contribution is 2.60. The fourth-order valence-electron chi connectivity index (χ4n) is 6.89. The average Bonchev–Trinajstić information content (AvgIpc) is 3.44. The van der Waals surface area contributed by atoms with Crippen LogP contribution in [-0.2, 0) is 27.4 Å². The topological polar surface area (TPSA) is 115 Å². The van der Waals surface area contributed by atoms with Crippen molar-refractivity contribution in [2.45, 2.75) is 80.4 Å². The summed E-state index contributed by atoms with van der Waals surface area (Å²) in [6, 6.07) is 23.0. The number of methoxy groups -OCH3 is 1. The Labute approximate surface area is 328 Å². The van der Waals surface area contributed by atoms with Crippen molar-refractivity contribution in [3.05, 3.63) is 135 Å². The summed E-state index contributed by atoms with van der Waals surface area (Å²) >= 11 is 1.36. The lowest BCUT2D eigenvalue weighted by Gasteiger charge is -2.35. The minimum absolute atomic E-state index is 0.0793. The number of carbonyl (C=O) groups excluding carboxylic acids is 4. The third kappa shape index (κ3) is 10.2. The van der Waals surface area contributed by atoms with Gasteiger partial charge in [0.1, 0.15) is 18.1 Å². The normalized spacial score (nSPS) is 17.9. The molecule has 0 unspecified atom stereocenters. The van der Waals surface area contributed by atoms with E-state index < -0.39 is 5.54 Å². The smallest absolute Gasteiger partial charge is 0.310 e. The highest BCUT2D eigenvalue weighted by atomic mass is 32.2. The summed E-state index contributed by atoms with van der Waals surface area (Å²) in [5, 5.41) is 1.54. The molecule has 1 saturated heterocycles. The maximum absolute atomic E-state index is 13.2. The number of carbonyl (C=O) groups is 4. The van der Waals surface area contributed by atoms with E-state index in [1.165, 1.54) is 22.3 Å². The SMILES string of the molecule is CC1(C)[C@H](/C=C2\CCSC2=O)[C@@H]1C(=O)OCc1coc(Cc2ccccc2)c1.COc1cccc(C(=O)NN(C(=O)c2cc(C)cc(C)c2)C(C)(C)C)c1C. The Morgan fingerprint density at radius 3 is 2.27 bits per heavy atom. The molecule has 0 spiro atoms. The number of nitrogens with zero attached hydrogens (tertiary/aromatic N) is 1. The molecule has 9 nitrogen and oxygen atoms in total. The molecule has 2 heterocycles. The van der Waals surface area contributed by atoms with Gasteiger partial charge in [-0.2, -0.15) is 0 Å². The van der Waals surface area contributed by atoms with Crippen molar-refractivity contribution in [1.29, 1.82) is 0 Å². The van der Waals surface area contributed by atoms with Gasteiger partial charge < -0.3 is 13.9 Å². The van der Waals surface area contributed by atoms with Crippen LogP contribution in [0.15, 0.2) is 95.1 Å². The van der Waals surface area contributed by atoms with E-state index in [4.69, 9.17) is 13.9 Å². The lowest BCUT2D eigenvalue weighted by atomic mass is 10.0. The molecule has 1 N–H and O–H groups in total. The number of aryl methyl sites for hydroxylation is 2. The third-order valence-corrected chi connectivity index (χ3v) is 11.0. The number of benzene rings is 3. The van der Waals surface area contributed by atoms with Crippen LogP contribution in [0, 0.1) is 38.0 Å². The van der Waals surface area contributed by atoms with E-state index in [1.54, 1.807) is 31.6 Å². The first kappa shape index (κ1) is 41.1. The first-order valence-electron chi connectivity index (χ1n) is 18.5. The standard InChI is InChI=1S/C23H24O4S.C22H28N2O3/c1-23(2)19(12-17-8-9-28-22(17)25)20(23)21(24)27-14-16-11-18(26-13-16)10-15-6-4-3-5-7-15;1-14-11-15(2)13-17(12-14)21(26)24(22(4,5)6)23-20(25)18-9-8-10-19(27-7)16(18)3/h3-7,11-13,19-20H,8-10,14H2,1-2H3;8-13H,1-7H3,(H,23,25)/b17-12+;/t19-,20-;/m1./s1. The zero-order valence-corrected chi connectivity index (χ0v) is 34.1. The van der Waals surface area contributed by atoms with E-state index in [-0.39, 0.29) is 46.8 Å². The fourth-order valence-corrected chi connectivity index (χ4v) is 7.75. The number of nitrogens with one attached hydrogen (secondary N) is 1. The van der Waals surface area contributed by atoms with Crippen molar-refractivity contribution in [2.24, 2.45) is 17.3 Å². The second-order valence-corrected chi connectivity index (χ2v) is 16.9. The molecule has 3 aromatic carbocycles. The number of thioether (sulfide) groups is 1. The van der Waals surface area contributed by atoms with E-state index in [1.807, 2.05) is 90.1 Å². The minimum Gasteiger partial charge on any atom is -0.496 e. The molecule has 6 rings (SSSR count). The van der Waals surface area contributed by atoms with Gasteiger partial charge in [0.15, 0.2) is 0 Å². The van der Waals surface area contributed by atoms with Crippen LogP contribution in [0.25, 0.3) is 0 Å². The van der Waals surface area contributed by atoms with Gasteiger partial charge in [0.05, 0.1) is 24.8 Å². The van der Waals surface area contributed by atoms with Gasteiger partial charge in [-0.3, -0.25) is 24.6 Å². The van der Waals surface area contributed by atoms with E-state index in [0.717, 1.165) is 45.8 Å². The van der Waals surface area contributed by atoms with Gasteiger partial charge in [0.2, 0.25) is 5.12 Å². The third-order valence-electron chi connectivity index (χ3n) is 10.0. The maximum atomic E-state index is 13.2. The molecule has 4 aromatic rings. The van der Waals surface area contributed by atoms with E-state index in [0.29, 0.717) is 23.3 Å². The number of hydrogen-bond acceptors (Lipinski definition) is 8. The molecule has 0 radical (unpaired) electrons. The van der Waals surface area contributed by atoms with Crippen LogP contribution in [0.5, 0.6) is 5.75 Å². The molecule has 2 amide bonds. The van der Waals surface area contributed by atoms with Gasteiger partial charge in [0.25, 0.3) is 11.8 Å². The van der Waals surface area contributed by atoms with Crippen LogP contribution in [0.1, 0.15) is 95.3 Å². The van der Waals surface area contributed by atoms with Gasteiger partial charge in [-0.25, -0.2) is 5.01 Å². The molecular formula is C45H52N2O7S. The summed E-state index contributed by atoms with van der Waals surface area (Å²) < 4.78 is 16.4. The summed E-state index contributed by atoms with van der Waals surface area (Å²) in [4.78, 5) is 50.5. The fraction of sp³-hybridized carbons (Fsp3) is 0.378. The van der Waals surface area contributed by atoms with Gasteiger partial charge in [-0.15, -0.1) is 0 Å². The molecule has 290 valence electrons. The predicted octanol–water partition coefficient (Wildman–Crippen LogP) is 8.98. The minimum atomic E-state index is -0.600. The van der Waals surface area contributed by atoms with Crippen LogP contribution in [0.2, 0.25) is 0 Å². The summed E-state index contributed by atoms with van der Waals surface area (Å²) in [7, 11) is 1.56. The number of ether oxygens (including phenoxy) is 2. The van der Waals surface area contributed by atoms with Crippen LogP contribution >= 0.6 is 11.8 Å². The number of amides is 2. The van der Waals surface area contributed by atoms with E-state index >= 15 is 0 Å². The molecular weight excluding hydrogens is 713 g/mol. The van der Waals surface area contributed by atoms with Crippen molar-refractivity contribution in [1.82, 2.24) is 10.4 Å². The highest BCUT2D eigenvalue weighted by Gasteiger charge is 2.61. The molecule has 1 saturated carbocycles. The van der Waals surface area contributed by atoms with E-state index in [2.05, 4.69) is 31.4 Å². The number of hydrazine groups is 1. The molecule has 55 heavy (non-hydrogen) atoms. The van der Waals surface area contributed by atoms with Crippen LogP contribution in [-0.4, -0.2) is 46.3 Å². The van der Waals surface area contributed by atoms with Gasteiger partial charge in [0, 0.05) is 40.0 Å². The Balaban J connectivity index is 0.000000211. The molecule has 0 bridgehead atoms. The Hall–Kier alpha value is -5.09. The summed E-state index contributed by atoms with van der Waals surface area (Å²) in [6.07, 6.45) is 5.17. The highest BCUT2D eigenvalue weighted by molar-refractivity contribution is 8.14. The predicted molar refractivity (Wildman–Crippen MR) is 216 cm³/mol. The zero-order chi connectivity index (χ0) is 40.1. The zero-order valence-electron chi connectivity index (χ0n) is 33.3. The van der Waals surface area contributed by atoms with Crippen LogP contribution in [0.3, 0.4) is 0 Å². The number of esters is 1. The largest absolute Gasteiger partial charge is 0.496 e. The van der Waals surface area contributed by atoms with Crippen molar-refractivity contribution >= 4 is 34.7 Å². The molecule has 2 aliphatic rings. The molecule has 10 heteroatoms. The van der Waals surface area contributed by atoms with Crippen molar-refractivity contribution in [2.75, 3.05) is 12.9 Å². The molecule has 2 fully saturated rings. The van der Waals surface area contributed by atoms with Crippen molar-refractivity contribution in [3.8, 4) is 5.75 Å². The average molecular weight is 765 g/mol. The second kappa shape index (κ2) is 17.1. The number of furan rings is 1. The number of allylic oxidation sites excluding steroid dienone is 1. The molecule has 2 atom stereocenters. The quantitative estimate of drug-likeness (QED) is 0.102. The lowest BCUT2D eigenvalue weighted by molar-refractivity contribution is -0.147. The van der Waals surface area contributed by atoms with Gasteiger partial charge in [-0.05, 0) is 95.2 Å². The second-order valence-electron chi connectivity index (χ2n) is 15.9. The summed E-state index contributed by atoms with van der Waals surface area (Å²) in [6.45, 7) is 15.7. The Bertz CT molecular complexity index is 2060. The maximum Gasteiger partial charge on any atom is 0.310 e.